The number of ether oxygens (including phenoxy) is 2. The predicted molar refractivity (Wildman–Crippen MR) is 142 cm³/mol. The number of aryl methyl sites for hydroxylation is 1. The first-order valence-corrected chi connectivity index (χ1v) is 12.7. The van der Waals surface area contributed by atoms with Crippen LogP contribution in [0, 0.1) is 6.92 Å². The number of hydrogen-bond acceptors (Lipinski definition) is 6. The van der Waals surface area contributed by atoms with Crippen LogP contribution in [0.1, 0.15) is 35.5 Å². The van der Waals surface area contributed by atoms with Crippen molar-refractivity contribution in [3.63, 3.8) is 0 Å². The van der Waals surface area contributed by atoms with E-state index in [-0.39, 0.29) is 18.4 Å². The van der Waals surface area contributed by atoms with Crippen LogP contribution >= 0.6 is 11.8 Å². The molecular weight excluding hydrogens is 472 g/mol. The van der Waals surface area contributed by atoms with Gasteiger partial charge in [-0.25, -0.2) is 0 Å². The number of thioether (sulfide) groups is 1. The lowest BCUT2D eigenvalue weighted by atomic mass is 10.1. The SMILES string of the molecule is COc1ccc(CC(=O)NC(C)c2nnc(SCc3cccc(OC)c3)n2-c2ccc(C)cc2)cc1. The molecule has 0 aliphatic rings. The lowest BCUT2D eigenvalue weighted by Gasteiger charge is -2.17. The van der Waals surface area contributed by atoms with Gasteiger partial charge in [0.15, 0.2) is 11.0 Å². The molecule has 0 bridgehead atoms. The van der Waals surface area contributed by atoms with E-state index >= 15 is 0 Å². The Morgan fingerprint density at radius 3 is 2.36 bits per heavy atom. The molecular formula is C28H30N4O3S. The number of carbonyl (C=O) groups excluding carboxylic acids is 1. The maximum atomic E-state index is 12.8. The van der Waals surface area contributed by atoms with Gasteiger partial charge in [-0.15, -0.1) is 10.2 Å². The van der Waals surface area contributed by atoms with Gasteiger partial charge in [-0.05, 0) is 61.4 Å². The molecule has 1 aromatic heterocycles. The number of amides is 1. The number of aromatic nitrogens is 3. The highest BCUT2D eigenvalue weighted by Crippen LogP contribution is 2.28. The zero-order chi connectivity index (χ0) is 25.5. The number of nitrogens with one attached hydrogen (secondary N) is 1. The van der Waals surface area contributed by atoms with Crippen molar-refractivity contribution in [3.8, 4) is 17.2 Å². The quantitative estimate of drug-likeness (QED) is 0.296. The maximum absolute atomic E-state index is 12.8. The minimum absolute atomic E-state index is 0.0864. The third kappa shape index (κ3) is 6.26. The zero-order valence-electron chi connectivity index (χ0n) is 20.9. The molecule has 7 nitrogen and oxygen atoms in total. The summed E-state index contributed by atoms with van der Waals surface area (Å²) in [4.78, 5) is 12.8. The van der Waals surface area contributed by atoms with E-state index in [1.807, 2.05) is 66.1 Å². The van der Waals surface area contributed by atoms with Crippen molar-refractivity contribution in [2.75, 3.05) is 14.2 Å². The lowest BCUT2D eigenvalue weighted by molar-refractivity contribution is -0.121. The van der Waals surface area contributed by atoms with Crippen molar-refractivity contribution in [2.45, 2.75) is 37.2 Å². The summed E-state index contributed by atoms with van der Waals surface area (Å²) in [7, 11) is 3.29. The average Bonchev–Trinajstić information content (AvgIpc) is 3.32. The van der Waals surface area contributed by atoms with Crippen LogP contribution in [0.5, 0.6) is 11.5 Å². The van der Waals surface area contributed by atoms with Crippen molar-refractivity contribution < 1.29 is 14.3 Å². The minimum Gasteiger partial charge on any atom is -0.497 e. The molecule has 186 valence electrons. The standard InChI is InChI=1S/C28H30N4O3S/c1-19-8-12-23(13-9-19)32-27(20(2)29-26(33)17-21-10-14-24(34-3)15-11-21)30-31-28(32)36-18-22-6-5-7-25(16-22)35-4/h5-16,20H,17-18H2,1-4H3,(H,29,33). The number of rotatable bonds is 10. The lowest BCUT2D eigenvalue weighted by Crippen LogP contribution is -2.30. The van der Waals surface area contributed by atoms with Gasteiger partial charge in [-0.1, -0.05) is 53.7 Å². The smallest absolute Gasteiger partial charge is 0.224 e. The van der Waals surface area contributed by atoms with Crippen molar-refractivity contribution in [3.05, 3.63) is 95.3 Å². The fourth-order valence-electron chi connectivity index (χ4n) is 3.79. The van der Waals surface area contributed by atoms with Crippen molar-refractivity contribution in [1.29, 1.82) is 0 Å². The maximum Gasteiger partial charge on any atom is 0.224 e. The number of methoxy groups -OCH3 is 2. The summed E-state index contributed by atoms with van der Waals surface area (Å²) in [5, 5.41) is 12.8. The molecule has 1 amide bonds. The van der Waals surface area contributed by atoms with Gasteiger partial charge in [0.1, 0.15) is 11.5 Å². The van der Waals surface area contributed by atoms with E-state index in [1.54, 1.807) is 26.0 Å². The molecule has 0 aliphatic carbocycles. The number of carbonyl (C=O) groups is 1. The molecule has 0 fully saturated rings. The van der Waals surface area contributed by atoms with Gasteiger partial charge in [0.2, 0.25) is 5.91 Å². The largest absolute Gasteiger partial charge is 0.497 e. The first-order valence-electron chi connectivity index (χ1n) is 11.7. The Balaban J connectivity index is 1.54. The van der Waals surface area contributed by atoms with E-state index in [0.29, 0.717) is 11.6 Å². The van der Waals surface area contributed by atoms with Crippen LogP contribution in [0.25, 0.3) is 5.69 Å². The molecule has 1 atom stereocenters. The van der Waals surface area contributed by atoms with Crippen molar-refractivity contribution in [2.24, 2.45) is 0 Å². The van der Waals surface area contributed by atoms with E-state index < -0.39 is 0 Å². The summed E-state index contributed by atoms with van der Waals surface area (Å²) in [6, 6.07) is 23.3. The molecule has 4 aromatic rings. The summed E-state index contributed by atoms with van der Waals surface area (Å²) < 4.78 is 12.6. The van der Waals surface area contributed by atoms with Crippen molar-refractivity contribution in [1.82, 2.24) is 20.1 Å². The summed E-state index contributed by atoms with van der Waals surface area (Å²) in [5.41, 5.74) is 4.15. The minimum atomic E-state index is -0.337. The van der Waals surface area contributed by atoms with E-state index in [1.165, 1.54) is 5.56 Å². The molecule has 1 heterocycles. The van der Waals surface area contributed by atoms with Gasteiger partial charge in [0.05, 0.1) is 26.7 Å². The Bertz CT molecular complexity index is 1300. The van der Waals surface area contributed by atoms with Crippen LogP contribution in [-0.2, 0) is 17.0 Å². The summed E-state index contributed by atoms with van der Waals surface area (Å²) >= 11 is 1.59. The highest BCUT2D eigenvalue weighted by molar-refractivity contribution is 7.98. The molecule has 3 aromatic carbocycles. The number of benzene rings is 3. The molecule has 0 radical (unpaired) electrons. The molecule has 4 rings (SSSR count). The van der Waals surface area contributed by atoms with Crippen LogP contribution in [0.15, 0.2) is 78.0 Å². The second kappa shape index (κ2) is 11.8. The van der Waals surface area contributed by atoms with E-state index in [9.17, 15) is 4.79 Å². The Kier molecular flexibility index (Phi) is 8.28. The second-order valence-electron chi connectivity index (χ2n) is 8.47. The Morgan fingerprint density at radius 2 is 1.67 bits per heavy atom. The first kappa shape index (κ1) is 25.3. The highest BCUT2D eigenvalue weighted by atomic mass is 32.2. The Hall–Kier alpha value is -3.78. The fourth-order valence-corrected chi connectivity index (χ4v) is 4.69. The van der Waals surface area contributed by atoms with Gasteiger partial charge in [-0.3, -0.25) is 9.36 Å². The third-order valence-electron chi connectivity index (χ3n) is 5.74. The van der Waals surface area contributed by atoms with Crippen LogP contribution in [0.2, 0.25) is 0 Å². The second-order valence-corrected chi connectivity index (χ2v) is 9.41. The Morgan fingerprint density at radius 1 is 0.944 bits per heavy atom. The van der Waals surface area contributed by atoms with Crippen molar-refractivity contribution >= 4 is 17.7 Å². The number of hydrogen-bond donors (Lipinski definition) is 1. The van der Waals surface area contributed by atoms with Crippen LogP contribution < -0.4 is 14.8 Å². The van der Waals surface area contributed by atoms with Gasteiger partial charge >= 0.3 is 0 Å². The zero-order valence-corrected chi connectivity index (χ0v) is 21.7. The summed E-state index contributed by atoms with van der Waals surface area (Å²) in [6.45, 7) is 3.98. The summed E-state index contributed by atoms with van der Waals surface area (Å²) in [5.74, 6) is 2.88. The topological polar surface area (TPSA) is 78.3 Å². The average molecular weight is 503 g/mol. The van der Waals surface area contributed by atoms with Gasteiger partial charge in [0, 0.05) is 11.4 Å². The predicted octanol–water partition coefficient (Wildman–Crippen LogP) is 5.31. The molecule has 0 aliphatic heterocycles. The van der Waals surface area contributed by atoms with Gasteiger partial charge < -0.3 is 14.8 Å². The fraction of sp³-hybridized carbons (Fsp3) is 0.250. The van der Waals surface area contributed by atoms with Crippen LogP contribution in [-0.4, -0.2) is 34.9 Å². The third-order valence-corrected chi connectivity index (χ3v) is 6.74. The molecule has 0 spiro atoms. The van der Waals surface area contributed by atoms with Gasteiger partial charge in [0.25, 0.3) is 0 Å². The molecule has 0 saturated carbocycles. The van der Waals surface area contributed by atoms with E-state index in [2.05, 4.69) is 40.6 Å². The monoisotopic (exact) mass is 502 g/mol. The molecule has 0 saturated heterocycles. The van der Waals surface area contributed by atoms with E-state index in [0.717, 1.165) is 33.5 Å². The highest BCUT2D eigenvalue weighted by Gasteiger charge is 2.21. The molecule has 1 N–H and O–H groups in total. The summed E-state index contributed by atoms with van der Waals surface area (Å²) in [6.07, 6.45) is 0.268. The normalized spacial score (nSPS) is 11.7. The molecule has 1 unspecified atom stereocenters. The van der Waals surface area contributed by atoms with Crippen LogP contribution in [0.4, 0.5) is 0 Å². The van der Waals surface area contributed by atoms with Gasteiger partial charge in [-0.2, -0.15) is 0 Å². The van der Waals surface area contributed by atoms with E-state index in [4.69, 9.17) is 9.47 Å². The Labute approximate surface area is 215 Å². The number of nitrogens with zero attached hydrogens (tertiary/aromatic N) is 3. The van der Waals surface area contributed by atoms with Crippen LogP contribution in [0.3, 0.4) is 0 Å². The molecule has 36 heavy (non-hydrogen) atoms. The first-order chi connectivity index (χ1) is 17.5. The molecule has 8 heteroatoms.